The molecule has 19 heavy (non-hydrogen) atoms. The summed E-state index contributed by atoms with van der Waals surface area (Å²) in [5.74, 6) is -0.101. The number of aromatic nitrogens is 2. The first-order chi connectivity index (χ1) is 9.01. The minimum absolute atomic E-state index is 0.0958. The summed E-state index contributed by atoms with van der Waals surface area (Å²) in [5, 5.41) is 18.6. The molecule has 3 atom stereocenters. The molecule has 0 aromatic carbocycles. The molecule has 6 N–H and O–H groups in total. The molecule has 1 aliphatic heterocycles. The van der Waals surface area contributed by atoms with E-state index in [-0.39, 0.29) is 24.8 Å². The van der Waals surface area contributed by atoms with Gasteiger partial charge >= 0.3 is 5.69 Å². The predicted octanol–water partition coefficient (Wildman–Crippen LogP) is -2.21. The van der Waals surface area contributed by atoms with Crippen LogP contribution in [0.25, 0.3) is 0 Å². The van der Waals surface area contributed by atoms with Crippen molar-refractivity contribution in [1.29, 1.82) is 0 Å². The molecule has 0 radical (unpaired) electrons. The topological polar surface area (TPSA) is 149 Å². The summed E-state index contributed by atoms with van der Waals surface area (Å²) in [4.78, 5) is 19.1. The van der Waals surface area contributed by atoms with Crippen LogP contribution in [0.2, 0.25) is 0 Å². The van der Waals surface area contributed by atoms with Crippen molar-refractivity contribution in [1.82, 2.24) is 9.55 Å². The zero-order valence-corrected chi connectivity index (χ0v) is 10.0. The van der Waals surface area contributed by atoms with Crippen LogP contribution in [0.15, 0.2) is 22.1 Å². The number of ether oxygens (including phenoxy) is 1. The van der Waals surface area contributed by atoms with Gasteiger partial charge in [0.1, 0.15) is 12.3 Å². The van der Waals surface area contributed by atoms with Crippen LogP contribution in [0.5, 0.6) is 0 Å². The molecule has 0 bridgehead atoms. The van der Waals surface area contributed by atoms with E-state index in [1.165, 1.54) is 16.8 Å². The number of hydrogen-bond donors (Lipinski definition) is 4. The van der Waals surface area contributed by atoms with E-state index in [0.29, 0.717) is 0 Å². The molecule has 0 unspecified atom stereocenters. The van der Waals surface area contributed by atoms with Crippen molar-refractivity contribution in [2.45, 2.75) is 24.9 Å². The number of nitrogens with two attached hydrogens (primary N) is 2. The fourth-order valence-electron chi connectivity index (χ4n) is 1.87. The quantitative estimate of drug-likeness (QED) is 0.359. The molecule has 1 aliphatic rings. The van der Waals surface area contributed by atoms with Crippen molar-refractivity contribution >= 4 is 11.8 Å². The van der Waals surface area contributed by atoms with E-state index in [9.17, 15) is 9.90 Å². The van der Waals surface area contributed by atoms with Gasteiger partial charge in [0, 0.05) is 12.6 Å². The van der Waals surface area contributed by atoms with E-state index in [1.807, 2.05) is 0 Å². The lowest BCUT2D eigenvalue weighted by atomic mass is 10.2. The summed E-state index contributed by atoms with van der Waals surface area (Å²) in [6.07, 6.45) is -0.558. The molecule has 2 heterocycles. The fraction of sp³-hybridized carbons (Fsp3) is 0.500. The molecule has 9 nitrogen and oxygen atoms in total. The maximum absolute atomic E-state index is 11.8. The van der Waals surface area contributed by atoms with Crippen molar-refractivity contribution in [3.05, 3.63) is 22.7 Å². The summed E-state index contributed by atoms with van der Waals surface area (Å²) in [7, 11) is 0. The monoisotopic (exact) mass is 269 g/mol. The minimum atomic E-state index is -0.820. The molecule has 1 aromatic heterocycles. The van der Waals surface area contributed by atoms with Crippen LogP contribution in [0.4, 0.5) is 5.82 Å². The number of hydrogen-bond acceptors (Lipinski definition) is 6. The van der Waals surface area contributed by atoms with Gasteiger partial charge in [0.15, 0.2) is 11.8 Å². The van der Waals surface area contributed by atoms with E-state index in [4.69, 9.17) is 21.3 Å². The average Bonchev–Trinajstić information content (AvgIpc) is 2.69. The van der Waals surface area contributed by atoms with Crippen molar-refractivity contribution in [2.75, 3.05) is 6.61 Å². The summed E-state index contributed by atoms with van der Waals surface area (Å²) < 4.78 is 6.56. The second-order valence-electron chi connectivity index (χ2n) is 4.13. The molecular weight excluding hydrogens is 254 g/mol. The molecular formula is C10H15N5O4. The zero-order valence-electron chi connectivity index (χ0n) is 10.0. The average molecular weight is 269 g/mol. The highest BCUT2D eigenvalue weighted by molar-refractivity contribution is 5.78. The van der Waals surface area contributed by atoms with Crippen molar-refractivity contribution in [3.8, 4) is 0 Å². The highest BCUT2D eigenvalue weighted by atomic mass is 16.5. The number of aliphatic hydroxyl groups excluding tert-OH is 2. The summed E-state index contributed by atoms with van der Waals surface area (Å²) in [6.45, 7) is -0.314. The summed E-state index contributed by atoms with van der Waals surface area (Å²) >= 11 is 0. The van der Waals surface area contributed by atoms with Crippen molar-refractivity contribution in [3.63, 3.8) is 0 Å². The minimum Gasteiger partial charge on any atom is -0.394 e. The van der Waals surface area contributed by atoms with E-state index < -0.39 is 24.1 Å². The maximum atomic E-state index is 11.8. The summed E-state index contributed by atoms with van der Waals surface area (Å²) in [6, 6.07) is 1.45. The number of rotatable bonds is 3. The van der Waals surface area contributed by atoms with Gasteiger partial charge < -0.3 is 26.4 Å². The van der Waals surface area contributed by atoms with Crippen LogP contribution in [-0.4, -0.2) is 44.5 Å². The number of aliphatic imine (C=N–C) groups is 1. The lowest BCUT2D eigenvalue weighted by Gasteiger charge is -2.13. The Bertz CT molecular complexity index is 539. The largest absolute Gasteiger partial charge is 0.394 e. The van der Waals surface area contributed by atoms with E-state index >= 15 is 0 Å². The second kappa shape index (κ2) is 5.34. The predicted molar refractivity (Wildman–Crippen MR) is 65.6 cm³/mol. The van der Waals surface area contributed by atoms with Crippen LogP contribution >= 0.6 is 0 Å². The fourth-order valence-corrected chi connectivity index (χ4v) is 1.87. The number of nitrogens with zero attached hydrogens (tertiary/aromatic N) is 3. The van der Waals surface area contributed by atoms with Crippen LogP contribution < -0.4 is 17.2 Å². The third kappa shape index (κ3) is 2.89. The van der Waals surface area contributed by atoms with Crippen LogP contribution in [0, 0.1) is 0 Å². The molecule has 2 rings (SSSR count). The van der Waals surface area contributed by atoms with Gasteiger partial charge in [-0.05, 0) is 6.07 Å². The van der Waals surface area contributed by atoms with E-state index in [0.717, 1.165) is 0 Å². The van der Waals surface area contributed by atoms with Crippen LogP contribution in [0.3, 0.4) is 0 Å². The van der Waals surface area contributed by atoms with Gasteiger partial charge in [-0.3, -0.25) is 4.57 Å². The van der Waals surface area contributed by atoms with Gasteiger partial charge in [-0.15, -0.1) is 0 Å². The molecule has 1 aromatic rings. The highest BCUT2D eigenvalue weighted by Gasteiger charge is 2.34. The Morgan fingerprint density at radius 1 is 1.63 bits per heavy atom. The van der Waals surface area contributed by atoms with E-state index in [2.05, 4.69) is 9.98 Å². The van der Waals surface area contributed by atoms with E-state index in [1.54, 1.807) is 0 Å². The first-order valence-corrected chi connectivity index (χ1v) is 5.64. The Morgan fingerprint density at radius 2 is 2.37 bits per heavy atom. The lowest BCUT2D eigenvalue weighted by Crippen LogP contribution is -2.27. The molecule has 1 saturated heterocycles. The highest BCUT2D eigenvalue weighted by Crippen LogP contribution is 2.27. The van der Waals surface area contributed by atoms with Gasteiger partial charge in [-0.1, -0.05) is 0 Å². The van der Waals surface area contributed by atoms with Gasteiger partial charge in [0.2, 0.25) is 0 Å². The Kier molecular flexibility index (Phi) is 3.79. The van der Waals surface area contributed by atoms with Gasteiger partial charge in [0.05, 0.1) is 12.7 Å². The van der Waals surface area contributed by atoms with Crippen LogP contribution in [-0.2, 0) is 4.74 Å². The van der Waals surface area contributed by atoms with Crippen molar-refractivity contribution in [2.24, 2.45) is 16.5 Å². The van der Waals surface area contributed by atoms with Gasteiger partial charge in [-0.2, -0.15) is 9.98 Å². The third-order valence-corrected chi connectivity index (χ3v) is 2.75. The molecule has 0 spiro atoms. The Hall–Kier alpha value is -1.97. The first-order valence-electron chi connectivity index (χ1n) is 5.64. The zero-order chi connectivity index (χ0) is 14.0. The van der Waals surface area contributed by atoms with Gasteiger partial charge in [0.25, 0.3) is 0 Å². The first kappa shape index (κ1) is 13.5. The molecule has 104 valence electrons. The molecule has 0 aliphatic carbocycles. The maximum Gasteiger partial charge on any atom is 0.351 e. The smallest absolute Gasteiger partial charge is 0.351 e. The molecule has 0 amide bonds. The third-order valence-electron chi connectivity index (χ3n) is 2.75. The normalized spacial score (nSPS) is 26.3. The second-order valence-corrected chi connectivity index (χ2v) is 4.13. The standard InChI is InChI=1S/C10H15N5O4/c11-9(12)13-7-1-2-15(10(18)14-7)8-3-5(17)6(4-16)19-8/h1-2,5-6,8,16-17H,3-4H2,(H4,11,12,13,14,18)/t5-,6-,8-/m1/s1. The lowest BCUT2D eigenvalue weighted by molar-refractivity contribution is -0.0458. The Balaban J connectivity index is 2.23. The van der Waals surface area contributed by atoms with Gasteiger partial charge in [-0.25, -0.2) is 4.79 Å². The van der Waals surface area contributed by atoms with Crippen LogP contribution in [0.1, 0.15) is 12.6 Å². The SMILES string of the molecule is NC(N)=Nc1ccn([C@H]2C[C@@H](O)[C@@H](CO)O2)c(=O)n1. The summed E-state index contributed by atoms with van der Waals surface area (Å²) in [5.41, 5.74) is 9.77. The van der Waals surface area contributed by atoms with Crippen molar-refractivity contribution < 1.29 is 14.9 Å². The molecule has 9 heteroatoms. The number of aliphatic hydroxyl groups is 2. The molecule has 0 saturated carbocycles. The molecule has 1 fully saturated rings. The Morgan fingerprint density at radius 3 is 2.89 bits per heavy atom. The Labute approximate surface area is 108 Å². The number of guanidine groups is 1.